The van der Waals surface area contributed by atoms with Crippen LogP contribution < -0.4 is 16.1 Å². The van der Waals surface area contributed by atoms with Crippen molar-refractivity contribution in [2.24, 2.45) is 0 Å². The lowest BCUT2D eigenvalue weighted by molar-refractivity contribution is 0.477. The first kappa shape index (κ1) is 15.5. The van der Waals surface area contributed by atoms with Crippen LogP contribution in [0, 0.1) is 0 Å². The van der Waals surface area contributed by atoms with E-state index in [9.17, 15) is 0 Å². The zero-order valence-electron chi connectivity index (χ0n) is 13.6. The van der Waals surface area contributed by atoms with Crippen LogP contribution in [-0.4, -0.2) is 41.6 Å². The lowest BCUT2D eigenvalue weighted by atomic mass is 10.0. The fourth-order valence-electron chi connectivity index (χ4n) is 3.16. The molecule has 1 aromatic carbocycles. The third-order valence-electron chi connectivity index (χ3n) is 4.49. The molecule has 0 radical (unpaired) electrons. The van der Waals surface area contributed by atoms with Gasteiger partial charge in [-0.25, -0.2) is 4.98 Å². The van der Waals surface area contributed by atoms with Crippen molar-refractivity contribution >= 4 is 36.4 Å². The van der Waals surface area contributed by atoms with E-state index < -0.39 is 0 Å². The lowest BCUT2D eigenvalue weighted by Crippen LogP contribution is -2.35. The number of rotatable bonds is 3. The van der Waals surface area contributed by atoms with Crippen LogP contribution >= 0.6 is 11.6 Å². The molecular weight excluding hydrogens is 320 g/mol. The average Bonchev–Trinajstić information content (AvgIpc) is 2.98. The van der Waals surface area contributed by atoms with Gasteiger partial charge in [-0.3, -0.25) is 0 Å². The van der Waals surface area contributed by atoms with Gasteiger partial charge >= 0.3 is 0 Å². The summed E-state index contributed by atoms with van der Waals surface area (Å²) in [4.78, 5) is 4.78. The molecule has 0 bridgehead atoms. The van der Waals surface area contributed by atoms with Crippen LogP contribution in [0.4, 0.5) is 5.82 Å². The Morgan fingerprint density at radius 2 is 2.04 bits per heavy atom. The zero-order valence-corrected chi connectivity index (χ0v) is 14.3. The second-order valence-electron chi connectivity index (χ2n) is 6.24. The van der Waals surface area contributed by atoms with Gasteiger partial charge in [0.2, 0.25) is 0 Å². The molecule has 0 atom stereocenters. The van der Waals surface area contributed by atoms with Crippen molar-refractivity contribution in [3.05, 3.63) is 41.6 Å². The van der Waals surface area contributed by atoms with Gasteiger partial charge in [-0.15, -0.1) is 0 Å². The molecule has 0 amide bonds. The van der Waals surface area contributed by atoms with Crippen molar-refractivity contribution in [2.75, 3.05) is 18.4 Å². The van der Waals surface area contributed by atoms with Crippen LogP contribution in [-0.2, 0) is 0 Å². The van der Waals surface area contributed by atoms with Gasteiger partial charge in [-0.2, -0.15) is 9.61 Å². The standard InChI is InChI=1S/C17H19BClN5/c18-13-10-21-24-16(22-11-5-7-20-8-6-11)9-15(23-17(13)24)12-3-1-2-4-14(12)19/h1-4,9-11,20,22H,5-8,18H2. The Balaban J connectivity index is 1.81. The first-order valence-corrected chi connectivity index (χ1v) is 8.68. The summed E-state index contributed by atoms with van der Waals surface area (Å²) in [5.41, 5.74) is 3.73. The van der Waals surface area contributed by atoms with Gasteiger partial charge in [-0.05, 0) is 37.5 Å². The van der Waals surface area contributed by atoms with Crippen molar-refractivity contribution in [2.45, 2.75) is 18.9 Å². The summed E-state index contributed by atoms with van der Waals surface area (Å²) >= 11 is 6.38. The van der Waals surface area contributed by atoms with E-state index in [2.05, 4.69) is 15.7 Å². The SMILES string of the molecule is Bc1cnn2c(NC3CCNCC3)cc(-c3ccccc3Cl)nc12. The number of fused-ring (bicyclic) bond motifs is 1. The lowest BCUT2D eigenvalue weighted by Gasteiger charge is -2.25. The zero-order chi connectivity index (χ0) is 16.5. The number of halogens is 1. The van der Waals surface area contributed by atoms with Crippen LogP contribution in [0.15, 0.2) is 36.5 Å². The first-order valence-electron chi connectivity index (χ1n) is 8.30. The van der Waals surface area contributed by atoms with Crippen LogP contribution in [0.3, 0.4) is 0 Å². The van der Waals surface area contributed by atoms with Gasteiger partial charge in [0, 0.05) is 28.9 Å². The molecule has 122 valence electrons. The molecule has 1 aliphatic heterocycles. The normalized spacial score (nSPS) is 15.7. The minimum absolute atomic E-state index is 0.445. The summed E-state index contributed by atoms with van der Waals surface area (Å²) in [5.74, 6) is 0.968. The Kier molecular flexibility index (Phi) is 4.16. The van der Waals surface area contributed by atoms with Crippen molar-refractivity contribution in [3.63, 3.8) is 0 Å². The number of nitrogens with zero attached hydrogens (tertiary/aromatic N) is 3. The van der Waals surface area contributed by atoms with Gasteiger partial charge in [-0.1, -0.05) is 29.8 Å². The average molecular weight is 340 g/mol. The van der Waals surface area contributed by atoms with Crippen LogP contribution in [0.25, 0.3) is 16.9 Å². The highest BCUT2D eigenvalue weighted by atomic mass is 35.5. The second kappa shape index (κ2) is 6.45. The van der Waals surface area contributed by atoms with Crippen molar-refractivity contribution in [1.82, 2.24) is 19.9 Å². The quantitative estimate of drug-likeness (QED) is 0.710. The van der Waals surface area contributed by atoms with E-state index in [0.29, 0.717) is 11.1 Å². The Morgan fingerprint density at radius 1 is 1.25 bits per heavy atom. The number of hydrogen-bond acceptors (Lipinski definition) is 4. The minimum Gasteiger partial charge on any atom is -0.367 e. The van der Waals surface area contributed by atoms with Crippen molar-refractivity contribution < 1.29 is 0 Å². The molecule has 0 unspecified atom stereocenters. The van der Waals surface area contributed by atoms with E-state index >= 15 is 0 Å². The van der Waals surface area contributed by atoms with Crippen LogP contribution in [0.1, 0.15) is 12.8 Å². The molecule has 3 heterocycles. The number of anilines is 1. The molecule has 4 rings (SSSR count). The summed E-state index contributed by atoms with van der Waals surface area (Å²) in [7, 11) is 2.03. The first-order chi connectivity index (χ1) is 11.7. The molecule has 0 saturated carbocycles. The molecule has 2 N–H and O–H groups in total. The Morgan fingerprint density at radius 3 is 2.83 bits per heavy atom. The number of hydrogen-bond donors (Lipinski definition) is 2. The summed E-state index contributed by atoms with van der Waals surface area (Å²) in [6, 6.07) is 10.3. The van der Waals surface area contributed by atoms with E-state index in [1.807, 2.05) is 48.9 Å². The maximum Gasteiger partial charge on any atom is 0.151 e. The molecule has 5 nitrogen and oxygen atoms in total. The van der Waals surface area contributed by atoms with E-state index in [1.54, 1.807) is 0 Å². The molecule has 0 aliphatic carbocycles. The van der Waals surface area contributed by atoms with Gasteiger partial charge in [0.25, 0.3) is 0 Å². The fourth-order valence-corrected chi connectivity index (χ4v) is 3.39. The molecule has 1 saturated heterocycles. The predicted molar refractivity (Wildman–Crippen MR) is 101 cm³/mol. The van der Waals surface area contributed by atoms with Crippen molar-refractivity contribution in [3.8, 4) is 11.3 Å². The molecule has 7 heteroatoms. The topological polar surface area (TPSA) is 54.2 Å². The second-order valence-corrected chi connectivity index (χ2v) is 6.65. The number of nitrogens with one attached hydrogen (secondary N) is 2. The van der Waals surface area contributed by atoms with E-state index in [0.717, 1.165) is 54.1 Å². The minimum atomic E-state index is 0.445. The van der Waals surface area contributed by atoms with Crippen LogP contribution in [0.2, 0.25) is 5.02 Å². The Bertz CT molecular complexity index is 873. The van der Waals surface area contributed by atoms with E-state index in [4.69, 9.17) is 16.6 Å². The Labute approximate surface area is 146 Å². The number of benzene rings is 1. The van der Waals surface area contributed by atoms with Gasteiger partial charge < -0.3 is 10.6 Å². The van der Waals surface area contributed by atoms with Gasteiger partial charge in [0.1, 0.15) is 13.7 Å². The van der Waals surface area contributed by atoms with E-state index in [1.165, 1.54) is 0 Å². The molecule has 2 aromatic heterocycles. The van der Waals surface area contributed by atoms with E-state index in [-0.39, 0.29) is 0 Å². The highest BCUT2D eigenvalue weighted by Crippen LogP contribution is 2.28. The molecular formula is C17H19BClN5. The maximum atomic E-state index is 6.38. The fraction of sp³-hybridized carbons (Fsp3) is 0.294. The number of aromatic nitrogens is 3. The third-order valence-corrected chi connectivity index (χ3v) is 4.82. The van der Waals surface area contributed by atoms with Gasteiger partial charge in [0.15, 0.2) is 5.65 Å². The summed E-state index contributed by atoms with van der Waals surface area (Å²) < 4.78 is 1.89. The Hall–Kier alpha value is -2.05. The molecule has 24 heavy (non-hydrogen) atoms. The largest absolute Gasteiger partial charge is 0.367 e. The predicted octanol–water partition coefficient (Wildman–Crippen LogP) is 1.47. The van der Waals surface area contributed by atoms with Crippen molar-refractivity contribution in [1.29, 1.82) is 0 Å². The molecule has 3 aromatic rings. The summed E-state index contributed by atoms with van der Waals surface area (Å²) in [5, 5.41) is 12.2. The highest BCUT2D eigenvalue weighted by molar-refractivity contribution is 6.36. The smallest absolute Gasteiger partial charge is 0.151 e. The highest BCUT2D eigenvalue weighted by Gasteiger charge is 2.17. The maximum absolute atomic E-state index is 6.38. The monoisotopic (exact) mass is 339 g/mol. The van der Waals surface area contributed by atoms with Gasteiger partial charge in [0.05, 0.1) is 5.69 Å². The summed E-state index contributed by atoms with van der Waals surface area (Å²) in [6.45, 7) is 2.09. The molecule has 0 spiro atoms. The number of piperidine rings is 1. The molecule has 1 fully saturated rings. The molecule has 1 aliphatic rings. The summed E-state index contributed by atoms with van der Waals surface area (Å²) in [6.07, 6.45) is 4.06. The third kappa shape index (κ3) is 2.87. The van der Waals surface area contributed by atoms with Crippen LogP contribution in [0.5, 0.6) is 0 Å².